The van der Waals surface area contributed by atoms with Crippen LogP contribution in [0.5, 0.6) is 11.5 Å². The van der Waals surface area contributed by atoms with Gasteiger partial charge < -0.3 is 29.6 Å². The van der Waals surface area contributed by atoms with Crippen molar-refractivity contribution in [3.63, 3.8) is 0 Å². The molecule has 0 radical (unpaired) electrons. The summed E-state index contributed by atoms with van der Waals surface area (Å²) >= 11 is 0. The van der Waals surface area contributed by atoms with Gasteiger partial charge in [-0.1, -0.05) is 36.4 Å². The van der Waals surface area contributed by atoms with Gasteiger partial charge in [0.2, 0.25) is 6.79 Å². The topological polar surface area (TPSA) is 127 Å². The summed E-state index contributed by atoms with van der Waals surface area (Å²) in [5.41, 5.74) is 1.12. The van der Waals surface area contributed by atoms with E-state index in [-0.39, 0.29) is 24.7 Å². The highest BCUT2D eigenvalue weighted by molar-refractivity contribution is 6.05. The van der Waals surface area contributed by atoms with Gasteiger partial charge in [-0.05, 0) is 41.5 Å². The summed E-state index contributed by atoms with van der Waals surface area (Å²) in [5, 5.41) is 14.6. The molecular weight excluding hydrogens is 428 g/mol. The fourth-order valence-corrected chi connectivity index (χ4v) is 3.21. The molecule has 0 fully saturated rings. The summed E-state index contributed by atoms with van der Waals surface area (Å²) in [6.45, 7) is 0.0881. The first-order valence-corrected chi connectivity index (χ1v) is 10.0. The SMILES string of the molecule is O=C(N[C@@H](Cc1ccccc1)C(=O)O)/C(=C/c1ccc2c(c1)OCO2)NC(=O)c1ccco1. The van der Waals surface area contributed by atoms with Gasteiger partial charge in [-0.2, -0.15) is 0 Å². The lowest BCUT2D eigenvalue weighted by molar-refractivity contribution is -0.141. The Morgan fingerprint density at radius 1 is 1.00 bits per heavy atom. The van der Waals surface area contributed by atoms with E-state index >= 15 is 0 Å². The second kappa shape index (κ2) is 9.73. The molecule has 3 aromatic rings. The molecule has 0 saturated carbocycles. The molecule has 2 amide bonds. The molecule has 1 aromatic heterocycles. The van der Waals surface area contributed by atoms with Crippen LogP contribution in [0.1, 0.15) is 21.7 Å². The van der Waals surface area contributed by atoms with Crippen LogP contribution in [0.25, 0.3) is 6.08 Å². The van der Waals surface area contributed by atoms with Gasteiger partial charge in [0.15, 0.2) is 17.3 Å². The third kappa shape index (κ3) is 5.40. The van der Waals surface area contributed by atoms with Gasteiger partial charge in [0.1, 0.15) is 11.7 Å². The maximum Gasteiger partial charge on any atom is 0.326 e. The molecule has 9 nitrogen and oxygen atoms in total. The second-order valence-corrected chi connectivity index (χ2v) is 7.16. The van der Waals surface area contributed by atoms with E-state index in [2.05, 4.69) is 10.6 Å². The quantitative estimate of drug-likeness (QED) is 0.452. The standard InChI is InChI=1S/C24H20N2O7/c27-22(26-18(24(29)30)11-15-5-2-1-3-6-15)17(25-23(28)20-7-4-10-31-20)12-16-8-9-19-21(13-16)33-14-32-19/h1-10,12-13,18H,11,14H2,(H,25,28)(H,26,27)(H,29,30)/b17-12-/t18-/m0/s1. The molecule has 2 aromatic carbocycles. The van der Waals surface area contributed by atoms with E-state index in [1.54, 1.807) is 42.5 Å². The first-order valence-electron chi connectivity index (χ1n) is 10.0. The summed E-state index contributed by atoms with van der Waals surface area (Å²) in [4.78, 5) is 37.4. The first-order chi connectivity index (χ1) is 16.0. The van der Waals surface area contributed by atoms with Crippen molar-refractivity contribution in [1.82, 2.24) is 10.6 Å². The number of furan rings is 1. The number of carboxylic acid groups (broad SMARTS) is 1. The number of ether oxygens (including phenoxy) is 2. The minimum atomic E-state index is -1.21. The lowest BCUT2D eigenvalue weighted by atomic mass is 10.1. The molecule has 4 rings (SSSR count). The highest BCUT2D eigenvalue weighted by atomic mass is 16.7. The Morgan fingerprint density at radius 3 is 2.52 bits per heavy atom. The number of carboxylic acids is 1. The second-order valence-electron chi connectivity index (χ2n) is 7.16. The Kier molecular flexibility index (Phi) is 6.40. The van der Waals surface area contributed by atoms with Crippen LogP contribution in [0.2, 0.25) is 0 Å². The Labute approximate surface area is 188 Å². The number of benzene rings is 2. The Balaban J connectivity index is 1.59. The highest BCUT2D eigenvalue weighted by Gasteiger charge is 2.24. The maximum atomic E-state index is 13.0. The Bertz CT molecular complexity index is 1190. The van der Waals surface area contributed by atoms with Gasteiger partial charge in [-0.3, -0.25) is 9.59 Å². The summed E-state index contributed by atoms with van der Waals surface area (Å²) in [5.74, 6) is -1.57. The van der Waals surface area contributed by atoms with E-state index in [1.807, 2.05) is 6.07 Å². The van der Waals surface area contributed by atoms with Gasteiger partial charge in [0.05, 0.1) is 6.26 Å². The molecule has 0 saturated heterocycles. The zero-order valence-electron chi connectivity index (χ0n) is 17.3. The van der Waals surface area contributed by atoms with Gasteiger partial charge in [0, 0.05) is 6.42 Å². The van der Waals surface area contributed by atoms with Crippen molar-refractivity contribution in [1.29, 1.82) is 0 Å². The molecule has 9 heteroatoms. The van der Waals surface area contributed by atoms with Gasteiger partial charge in [-0.15, -0.1) is 0 Å². The van der Waals surface area contributed by atoms with E-state index in [0.29, 0.717) is 17.1 Å². The van der Waals surface area contributed by atoms with Crippen LogP contribution >= 0.6 is 0 Å². The van der Waals surface area contributed by atoms with Crippen LogP contribution in [0.4, 0.5) is 0 Å². The van der Waals surface area contributed by atoms with Crippen LogP contribution in [0.15, 0.2) is 77.0 Å². The van der Waals surface area contributed by atoms with E-state index in [0.717, 1.165) is 5.56 Å². The number of fused-ring (bicyclic) bond motifs is 1. The highest BCUT2D eigenvalue weighted by Crippen LogP contribution is 2.33. The molecule has 168 valence electrons. The molecule has 0 bridgehead atoms. The van der Waals surface area contributed by atoms with Crippen LogP contribution in [-0.2, 0) is 16.0 Å². The number of amides is 2. The number of hydrogen-bond donors (Lipinski definition) is 3. The van der Waals surface area contributed by atoms with Crippen LogP contribution in [0.3, 0.4) is 0 Å². The summed E-state index contributed by atoms with van der Waals surface area (Å²) in [7, 11) is 0. The predicted molar refractivity (Wildman–Crippen MR) is 116 cm³/mol. The van der Waals surface area contributed by atoms with Gasteiger partial charge in [-0.25, -0.2) is 4.79 Å². The van der Waals surface area contributed by atoms with Crippen molar-refractivity contribution < 1.29 is 33.4 Å². The Morgan fingerprint density at radius 2 is 1.79 bits per heavy atom. The number of aliphatic carboxylic acids is 1. The third-order valence-corrected chi connectivity index (χ3v) is 4.83. The number of carbonyl (C=O) groups excluding carboxylic acids is 2. The fourth-order valence-electron chi connectivity index (χ4n) is 3.21. The predicted octanol–water partition coefficient (Wildman–Crippen LogP) is 2.59. The molecule has 0 spiro atoms. The fraction of sp³-hybridized carbons (Fsp3) is 0.125. The average molecular weight is 448 g/mol. The lowest BCUT2D eigenvalue weighted by Crippen LogP contribution is -2.45. The minimum Gasteiger partial charge on any atom is -0.480 e. The van der Waals surface area contributed by atoms with Crippen molar-refractivity contribution in [3.05, 3.63) is 89.5 Å². The normalized spacial score (nSPS) is 13.3. The molecule has 0 unspecified atom stereocenters. The van der Waals surface area contributed by atoms with Crippen LogP contribution < -0.4 is 20.1 Å². The van der Waals surface area contributed by atoms with E-state index in [4.69, 9.17) is 13.9 Å². The number of nitrogens with one attached hydrogen (secondary N) is 2. The third-order valence-electron chi connectivity index (χ3n) is 4.83. The zero-order valence-corrected chi connectivity index (χ0v) is 17.3. The van der Waals surface area contributed by atoms with Gasteiger partial charge >= 0.3 is 5.97 Å². The van der Waals surface area contributed by atoms with Crippen molar-refractivity contribution in [2.75, 3.05) is 6.79 Å². The molecule has 1 aliphatic rings. The first kappa shape index (κ1) is 21.7. The van der Waals surface area contributed by atoms with E-state index in [1.165, 1.54) is 24.5 Å². The minimum absolute atomic E-state index is 0.00143. The van der Waals surface area contributed by atoms with E-state index < -0.39 is 23.8 Å². The summed E-state index contributed by atoms with van der Waals surface area (Å²) in [6.07, 6.45) is 2.82. The van der Waals surface area contributed by atoms with Crippen molar-refractivity contribution in [2.45, 2.75) is 12.5 Å². The Hall–Kier alpha value is -4.53. The number of carbonyl (C=O) groups is 3. The largest absolute Gasteiger partial charge is 0.480 e. The molecule has 2 heterocycles. The number of hydrogen-bond acceptors (Lipinski definition) is 6. The lowest BCUT2D eigenvalue weighted by Gasteiger charge is -2.16. The van der Waals surface area contributed by atoms with Crippen molar-refractivity contribution in [2.24, 2.45) is 0 Å². The van der Waals surface area contributed by atoms with Gasteiger partial charge in [0.25, 0.3) is 11.8 Å². The van der Waals surface area contributed by atoms with Crippen LogP contribution in [-0.4, -0.2) is 35.7 Å². The molecule has 0 aliphatic carbocycles. The zero-order chi connectivity index (χ0) is 23.2. The molecular formula is C24H20N2O7. The van der Waals surface area contributed by atoms with Crippen molar-refractivity contribution in [3.8, 4) is 11.5 Å². The molecule has 33 heavy (non-hydrogen) atoms. The maximum absolute atomic E-state index is 13.0. The number of rotatable bonds is 8. The van der Waals surface area contributed by atoms with Crippen LogP contribution in [0, 0.1) is 0 Å². The molecule has 1 atom stereocenters. The monoisotopic (exact) mass is 448 g/mol. The smallest absolute Gasteiger partial charge is 0.326 e. The van der Waals surface area contributed by atoms with E-state index in [9.17, 15) is 19.5 Å². The molecule has 3 N–H and O–H groups in total. The summed E-state index contributed by atoms with van der Waals surface area (Å²) in [6, 6.07) is 15.7. The average Bonchev–Trinajstić information content (AvgIpc) is 3.50. The van der Waals surface area contributed by atoms with Crippen molar-refractivity contribution >= 4 is 23.9 Å². The molecule has 1 aliphatic heterocycles. The summed E-state index contributed by atoms with van der Waals surface area (Å²) < 4.78 is 15.7.